The number of hydrogen-bond acceptors (Lipinski definition) is 4. The lowest BCUT2D eigenvalue weighted by Crippen LogP contribution is -2.22. The summed E-state index contributed by atoms with van der Waals surface area (Å²) in [6, 6.07) is 0. The van der Waals surface area contributed by atoms with Gasteiger partial charge in [0.25, 0.3) is 0 Å². The van der Waals surface area contributed by atoms with Crippen LogP contribution in [0.2, 0.25) is 0 Å². The smallest absolute Gasteiger partial charge is 0.193 e. The van der Waals surface area contributed by atoms with E-state index in [1.807, 2.05) is 29.1 Å². The molecule has 16 heavy (non-hydrogen) atoms. The van der Waals surface area contributed by atoms with E-state index >= 15 is 0 Å². The third-order valence-corrected chi connectivity index (χ3v) is 3.14. The predicted molar refractivity (Wildman–Crippen MR) is 62.9 cm³/mol. The van der Waals surface area contributed by atoms with Crippen molar-refractivity contribution in [2.75, 3.05) is 6.61 Å². The molecular formula is C11H14N2O2S. The normalized spacial score (nSPS) is 13.1. The van der Waals surface area contributed by atoms with E-state index in [0.29, 0.717) is 13.0 Å². The van der Waals surface area contributed by atoms with Crippen molar-refractivity contribution in [1.82, 2.24) is 9.38 Å². The van der Waals surface area contributed by atoms with Crippen molar-refractivity contribution < 1.29 is 9.53 Å². The maximum Gasteiger partial charge on any atom is 0.193 e. The van der Waals surface area contributed by atoms with Crippen LogP contribution in [0.1, 0.15) is 19.5 Å². The Kier molecular flexibility index (Phi) is 3.36. The van der Waals surface area contributed by atoms with Crippen molar-refractivity contribution in [2.24, 2.45) is 0 Å². The lowest BCUT2D eigenvalue weighted by atomic mass is 10.1. The zero-order valence-electron chi connectivity index (χ0n) is 9.34. The molecule has 2 aromatic heterocycles. The van der Waals surface area contributed by atoms with E-state index in [1.165, 1.54) is 0 Å². The average molecular weight is 238 g/mol. The summed E-state index contributed by atoms with van der Waals surface area (Å²) in [4.78, 5) is 17.0. The number of imidazole rings is 1. The van der Waals surface area contributed by atoms with Gasteiger partial charge in [-0.15, -0.1) is 11.3 Å². The molecule has 4 nitrogen and oxygen atoms in total. The van der Waals surface area contributed by atoms with Crippen LogP contribution in [0.5, 0.6) is 0 Å². The van der Waals surface area contributed by atoms with Crippen LogP contribution in [0.25, 0.3) is 4.96 Å². The fourth-order valence-electron chi connectivity index (χ4n) is 1.53. The second kappa shape index (κ2) is 4.76. The zero-order valence-corrected chi connectivity index (χ0v) is 10.2. The summed E-state index contributed by atoms with van der Waals surface area (Å²) in [6.45, 7) is 4.23. The number of aromatic nitrogens is 2. The molecule has 0 spiro atoms. The molecule has 0 fully saturated rings. The summed E-state index contributed by atoms with van der Waals surface area (Å²) in [7, 11) is 0. The maximum absolute atomic E-state index is 11.7. The highest BCUT2D eigenvalue weighted by molar-refractivity contribution is 7.15. The molecule has 0 N–H and O–H groups in total. The molecule has 2 heterocycles. The molecule has 86 valence electrons. The van der Waals surface area contributed by atoms with Gasteiger partial charge < -0.3 is 4.74 Å². The van der Waals surface area contributed by atoms with Gasteiger partial charge in [0.2, 0.25) is 0 Å². The molecule has 2 aromatic rings. The zero-order chi connectivity index (χ0) is 11.5. The Morgan fingerprint density at radius 3 is 3.19 bits per heavy atom. The van der Waals surface area contributed by atoms with Crippen molar-refractivity contribution >= 4 is 22.1 Å². The first-order chi connectivity index (χ1) is 7.70. The van der Waals surface area contributed by atoms with Gasteiger partial charge in [-0.25, -0.2) is 4.98 Å². The molecule has 0 aliphatic heterocycles. The van der Waals surface area contributed by atoms with Crippen LogP contribution >= 0.6 is 11.3 Å². The van der Waals surface area contributed by atoms with E-state index in [0.717, 1.165) is 10.7 Å². The van der Waals surface area contributed by atoms with Crippen molar-refractivity contribution in [3.05, 3.63) is 23.5 Å². The first kappa shape index (κ1) is 11.3. The number of fused-ring (bicyclic) bond motifs is 1. The molecule has 1 atom stereocenters. The number of Topliss-reactive ketones (excluding diaryl/α,β-unsaturated/α-hetero) is 1. The van der Waals surface area contributed by atoms with Crippen LogP contribution in [0.15, 0.2) is 17.8 Å². The molecule has 0 saturated heterocycles. The lowest BCUT2D eigenvalue weighted by molar-refractivity contribution is -0.128. The fourth-order valence-corrected chi connectivity index (χ4v) is 2.25. The van der Waals surface area contributed by atoms with E-state index < -0.39 is 0 Å². The molecule has 0 amide bonds. The molecule has 0 aliphatic carbocycles. The second-order valence-electron chi connectivity index (χ2n) is 3.57. The van der Waals surface area contributed by atoms with E-state index in [1.54, 1.807) is 18.3 Å². The van der Waals surface area contributed by atoms with Crippen LogP contribution in [0, 0.1) is 0 Å². The minimum absolute atomic E-state index is 0.0765. The predicted octanol–water partition coefficient (Wildman–Crippen LogP) is 1.93. The Morgan fingerprint density at radius 1 is 1.69 bits per heavy atom. The number of carbonyl (C=O) groups is 1. The van der Waals surface area contributed by atoms with E-state index in [-0.39, 0.29) is 11.9 Å². The van der Waals surface area contributed by atoms with Crippen LogP contribution in [0.3, 0.4) is 0 Å². The van der Waals surface area contributed by atoms with Gasteiger partial charge in [0.05, 0.1) is 12.1 Å². The number of nitrogens with zero attached hydrogens (tertiary/aromatic N) is 2. The summed E-state index contributed by atoms with van der Waals surface area (Å²) >= 11 is 1.56. The number of ketones is 1. The molecule has 0 saturated carbocycles. The van der Waals surface area contributed by atoms with Gasteiger partial charge in [0.1, 0.15) is 6.10 Å². The topological polar surface area (TPSA) is 43.6 Å². The Bertz CT molecular complexity index is 460. The first-order valence-corrected chi connectivity index (χ1v) is 6.14. The van der Waals surface area contributed by atoms with Crippen LogP contribution in [-0.4, -0.2) is 27.9 Å². The van der Waals surface area contributed by atoms with Crippen molar-refractivity contribution in [1.29, 1.82) is 0 Å². The van der Waals surface area contributed by atoms with Gasteiger partial charge in [-0.2, -0.15) is 0 Å². The molecule has 5 heteroatoms. The number of rotatable bonds is 5. The SMILES string of the molecule is CCOC(C)C(=O)Cc1cn2ccsc2n1. The second-order valence-corrected chi connectivity index (χ2v) is 4.44. The summed E-state index contributed by atoms with van der Waals surface area (Å²) < 4.78 is 7.18. The molecule has 0 aliphatic rings. The number of hydrogen-bond donors (Lipinski definition) is 0. The highest BCUT2D eigenvalue weighted by Crippen LogP contribution is 2.12. The number of thiazole rings is 1. The number of carbonyl (C=O) groups excluding carboxylic acids is 1. The molecule has 2 rings (SSSR count). The van der Waals surface area contributed by atoms with Crippen molar-refractivity contribution in [3.8, 4) is 0 Å². The lowest BCUT2D eigenvalue weighted by Gasteiger charge is -2.08. The standard InChI is InChI=1S/C11H14N2O2S/c1-3-15-8(2)10(14)6-9-7-13-4-5-16-11(13)12-9/h4-5,7-8H,3,6H2,1-2H3. The molecule has 0 radical (unpaired) electrons. The largest absolute Gasteiger partial charge is 0.371 e. The third kappa shape index (κ3) is 2.31. The van der Waals surface area contributed by atoms with E-state index in [2.05, 4.69) is 4.98 Å². The van der Waals surface area contributed by atoms with Gasteiger partial charge in [0, 0.05) is 24.4 Å². The van der Waals surface area contributed by atoms with E-state index in [9.17, 15) is 4.79 Å². The quantitative estimate of drug-likeness (QED) is 0.799. The van der Waals surface area contributed by atoms with Crippen LogP contribution < -0.4 is 0 Å². The average Bonchev–Trinajstić information content (AvgIpc) is 2.78. The summed E-state index contributed by atoms with van der Waals surface area (Å²) in [6.07, 6.45) is 3.83. The van der Waals surface area contributed by atoms with Crippen molar-refractivity contribution in [3.63, 3.8) is 0 Å². The Labute approximate surface area is 97.9 Å². The van der Waals surface area contributed by atoms with E-state index in [4.69, 9.17) is 4.74 Å². The minimum Gasteiger partial charge on any atom is -0.371 e. The van der Waals surface area contributed by atoms with Gasteiger partial charge in [0.15, 0.2) is 10.7 Å². The van der Waals surface area contributed by atoms with Gasteiger partial charge in [-0.05, 0) is 13.8 Å². The highest BCUT2D eigenvalue weighted by Gasteiger charge is 2.15. The van der Waals surface area contributed by atoms with Gasteiger partial charge >= 0.3 is 0 Å². The monoisotopic (exact) mass is 238 g/mol. The number of ether oxygens (including phenoxy) is 1. The highest BCUT2D eigenvalue weighted by atomic mass is 32.1. The molecule has 1 unspecified atom stereocenters. The Hall–Kier alpha value is -1.20. The molecule has 0 bridgehead atoms. The Balaban J connectivity index is 2.04. The summed E-state index contributed by atoms with van der Waals surface area (Å²) in [5, 5.41) is 1.97. The van der Waals surface area contributed by atoms with Gasteiger partial charge in [-0.3, -0.25) is 9.20 Å². The molecule has 0 aromatic carbocycles. The van der Waals surface area contributed by atoms with Gasteiger partial charge in [-0.1, -0.05) is 0 Å². The van der Waals surface area contributed by atoms with Crippen molar-refractivity contribution in [2.45, 2.75) is 26.4 Å². The maximum atomic E-state index is 11.7. The van der Waals surface area contributed by atoms with Crippen LogP contribution in [0.4, 0.5) is 0 Å². The first-order valence-electron chi connectivity index (χ1n) is 5.26. The molecular weight excluding hydrogens is 224 g/mol. The fraction of sp³-hybridized carbons (Fsp3) is 0.455. The Morgan fingerprint density at radius 2 is 2.50 bits per heavy atom. The van der Waals surface area contributed by atoms with Crippen LogP contribution in [-0.2, 0) is 16.0 Å². The third-order valence-electron chi connectivity index (χ3n) is 2.37. The summed E-state index contributed by atoms with van der Waals surface area (Å²) in [5.41, 5.74) is 0.809. The summed E-state index contributed by atoms with van der Waals surface area (Å²) in [5.74, 6) is 0.0765. The minimum atomic E-state index is -0.343.